The first-order valence-electron chi connectivity index (χ1n) is 4.36. The summed E-state index contributed by atoms with van der Waals surface area (Å²) in [4.78, 5) is 5.53. The molecule has 0 aromatic carbocycles. The fourth-order valence-corrected chi connectivity index (χ4v) is 1.73. The van der Waals surface area contributed by atoms with Crippen LogP contribution in [0.1, 0.15) is 26.2 Å². The molecule has 6 heteroatoms. The van der Waals surface area contributed by atoms with E-state index in [0.29, 0.717) is 5.92 Å². The molecule has 0 aliphatic heterocycles. The summed E-state index contributed by atoms with van der Waals surface area (Å²) in [5.74, 6) is 0.556. The Bertz CT molecular complexity index is 262. The van der Waals surface area contributed by atoms with E-state index in [0.717, 1.165) is 19.3 Å². The van der Waals surface area contributed by atoms with Crippen LogP contribution in [-0.4, -0.2) is 12.1 Å². The van der Waals surface area contributed by atoms with Crippen LogP contribution in [0.15, 0.2) is 10.2 Å². The molecule has 0 heterocycles. The highest BCUT2D eigenvalue weighted by Crippen LogP contribution is 2.28. The van der Waals surface area contributed by atoms with Crippen LogP contribution in [0.25, 0.3) is 20.9 Å². The standard InChI is InChI=1S/C7H12N6/c1-5-2-3-6(10-12-8)7(4-5)11-13-9/h5-7H,2-4H2,1H3/t5?,6-,7-/m0/s1. The monoisotopic (exact) mass is 180 g/mol. The molecule has 1 unspecified atom stereocenters. The second kappa shape index (κ2) is 4.60. The van der Waals surface area contributed by atoms with Gasteiger partial charge in [0.2, 0.25) is 0 Å². The molecule has 13 heavy (non-hydrogen) atoms. The largest absolute Gasteiger partial charge is 0.0902 e. The van der Waals surface area contributed by atoms with Gasteiger partial charge >= 0.3 is 0 Å². The minimum atomic E-state index is -0.148. The first-order valence-corrected chi connectivity index (χ1v) is 4.36. The van der Waals surface area contributed by atoms with Crippen LogP contribution >= 0.6 is 0 Å². The first-order chi connectivity index (χ1) is 6.27. The molecule has 70 valence electrons. The Morgan fingerprint density at radius 1 is 1.08 bits per heavy atom. The van der Waals surface area contributed by atoms with Crippen LogP contribution in [0.3, 0.4) is 0 Å². The number of rotatable bonds is 2. The van der Waals surface area contributed by atoms with Crippen molar-refractivity contribution in [3.8, 4) is 0 Å². The zero-order valence-electron chi connectivity index (χ0n) is 7.54. The predicted octanol–water partition coefficient (Wildman–Crippen LogP) is 3.16. The molecule has 1 rings (SSSR count). The van der Waals surface area contributed by atoms with Gasteiger partial charge in [-0.2, -0.15) is 0 Å². The van der Waals surface area contributed by atoms with E-state index in [1.165, 1.54) is 0 Å². The van der Waals surface area contributed by atoms with Crippen molar-refractivity contribution < 1.29 is 0 Å². The van der Waals surface area contributed by atoms with Crippen LogP contribution in [0.5, 0.6) is 0 Å². The van der Waals surface area contributed by atoms with Crippen molar-refractivity contribution in [1.82, 2.24) is 0 Å². The molecule has 0 bridgehead atoms. The maximum absolute atomic E-state index is 8.31. The van der Waals surface area contributed by atoms with Gasteiger partial charge < -0.3 is 0 Å². The summed E-state index contributed by atoms with van der Waals surface area (Å²) in [6.45, 7) is 2.12. The lowest BCUT2D eigenvalue weighted by atomic mass is 9.84. The van der Waals surface area contributed by atoms with Gasteiger partial charge in [-0.05, 0) is 29.8 Å². The van der Waals surface area contributed by atoms with Gasteiger partial charge in [-0.25, -0.2) is 0 Å². The van der Waals surface area contributed by atoms with E-state index in [4.69, 9.17) is 11.1 Å². The first kappa shape index (κ1) is 9.71. The van der Waals surface area contributed by atoms with E-state index in [1.54, 1.807) is 0 Å². The maximum Gasteiger partial charge on any atom is 0.0460 e. The van der Waals surface area contributed by atoms with Crippen molar-refractivity contribution >= 4 is 0 Å². The third kappa shape index (κ3) is 2.54. The zero-order valence-corrected chi connectivity index (χ0v) is 7.54. The minimum Gasteiger partial charge on any atom is -0.0902 e. The summed E-state index contributed by atoms with van der Waals surface area (Å²) < 4.78 is 0. The molecular formula is C7H12N6. The Hall–Kier alpha value is -1.38. The number of hydrogen-bond donors (Lipinski definition) is 0. The molecular weight excluding hydrogens is 168 g/mol. The molecule has 0 amide bonds. The zero-order chi connectivity index (χ0) is 9.68. The predicted molar refractivity (Wildman–Crippen MR) is 48.9 cm³/mol. The molecule has 1 fully saturated rings. The van der Waals surface area contributed by atoms with E-state index < -0.39 is 0 Å². The van der Waals surface area contributed by atoms with E-state index >= 15 is 0 Å². The Morgan fingerprint density at radius 2 is 1.69 bits per heavy atom. The van der Waals surface area contributed by atoms with Gasteiger partial charge in [0, 0.05) is 21.9 Å². The summed E-state index contributed by atoms with van der Waals surface area (Å²) in [5.41, 5.74) is 16.6. The third-order valence-corrected chi connectivity index (χ3v) is 2.44. The van der Waals surface area contributed by atoms with Gasteiger partial charge in [-0.15, -0.1) is 0 Å². The van der Waals surface area contributed by atoms with Gasteiger partial charge in [0.15, 0.2) is 0 Å². The summed E-state index contributed by atoms with van der Waals surface area (Å²) in [6.07, 6.45) is 2.70. The molecule has 6 nitrogen and oxygen atoms in total. The van der Waals surface area contributed by atoms with Crippen LogP contribution in [0, 0.1) is 5.92 Å². The lowest BCUT2D eigenvalue weighted by molar-refractivity contribution is 0.306. The van der Waals surface area contributed by atoms with E-state index in [9.17, 15) is 0 Å². The Labute approximate surface area is 76.2 Å². The van der Waals surface area contributed by atoms with E-state index in [2.05, 4.69) is 27.0 Å². The number of hydrogen-bond acceptors (Lipinski definition) is 2. The van der Waals surface area contributed by atoms with Crippen LogP contribution in [0.4, 0.5) is 0 Å². The second-order valence-corrected chi connectivity index (χ2v) is 3.46. The van der Waals surface area contributed by atoms with Gasteiger partial charge in [0.05, 0.1) is 0 Å². The lowest BCUT2D eigenvalue weighted by Gasteiger charge is -2.28. The molecule has 0 aromatic heterocycles. The van der Waals surface area contributed by atoms with Gasteiger partial charge in [-0.3, -0.25) is 0 Å². The molecule has 0 saturated heterocycles. The van der Waals surface area contributed by atoms with Crippen LogP contribution < -0.4 is 0 Å². The highest BCUT2D eigenvalue weighted by atomic mass is 15.2. The fraction of sp³-hybridized carbons (Fsp3) is 1.00. The topological polar surface area (TPSA) is 97.5 Å². The SMILES string of the molecule is CC1CC[C@H](N=[N+]=[N-])[C@@H](N=[N+]=[N-])C1. The molecule has 1 aliphatic rings. The van der Waals surface area contributed by atoms with Crippen LogP contribution in [0.2, 0.25) is 0 Å². The summed E-state index contributed by atoms with van der Waals surface area (Å²) in [6, 6.07) is -0.290. The van der Waals surface area contributed by atoms with Crippen molar-refractivity contribution in [3.63, 3.8) is 0 Å². The van der Waals surface area contributed by atoms with E-state index in [-0.39, 0.29) is 12.1 Å². The second-order valence-electron chi connectivity index (χ2n) is 3.46. The molecule has 0 radical (unpaired) electrons. The fourth-order valence-electron chi connectivity index (χ4n) is 1.73. The molecule has 0 aromatic rings. The normalized spacial score (nSPS) is 32.8. The summed E-state index contributed by atoms with van der Waals surface area (Å²) in [7, 11) is 0. The van der Waals surface area contributed by atoms with Crippen molar-refractivity contribution in [2.45, 2.75) is 38.3 Å². The van der Waals surface area contributed by atoms with Crippen molar-refractivity contribution in [2.24, 2.45) is 16.1 Å². The Morgan fingerprint density at radius 3 is 2.31 bits per heavy atom. The van der Waals surface area contributed by atoms with Gasteiger partial charge in [-0.1, -0.05) is 23.6 Å². The number of azide groups is 2. The maximum atomic E-state index is 8.31. The summed E-state index contributed by atoms with van der Waals surface area (Å²) >= 11 is 0. The van der Waals surface area contributed by atoms with Crippen molar-refractivity contribution in [2.75, 3.05) is 0 Å². The van der Waals surface area contributed by atoms with Gasteiger partial charge in [0.25, 0.3) is 0 Å². The van der Waals surface area contributed by atoms with E-state index in [1.807, 2.05) is 0 Å². The van der Waals surface area contributed by atoms with Crippen molar-refractivity contribution in [3.05, 3.63) is 20.9 Å². The molecule has 3 atom stereocenters. The average molecular weight is 180 g/mol. The molecule has 0 spiro atoms. The number of nitrogens with zero attached hydrogens (tertiary/aromatic N) is 6. The quantitative estimate of drug-likeness (QED) is 0.354. The van der Waals surface area contributed by atoms with Crippen molar-refractivity contribution in [1.29, 1.82) is 0 Å². The molecule has 0 N–H and O–H groups in total. The molecule has 1 aliphatic carbocycles. The van der Waals surface area contributed by atoms with Crippen LogP contribution in [-0.2, 0) is 0 Å². The smallest absolute Gasteiger partial charge is 0.0460 e. The molecule has 1 saturated carbocycles. The third-order valence-electron chi connectivity index (χ3n) is 2.44. The Balaban J connectivity index is 2.70. The Kier molecular flexibility index (Phi) is 3.43. The van der Waals surface area contributed by atoms with Gasteiger partial charge in [0.1, 0.15) is 0 Å². The summed E-state index contributed by atoms with van der Waals surface area (Å²) in [5, 5.41) is 7.28. The lowest BCUT2D eigenvalue weighted by Crippen LogP contribution is -2.29. The average Bonchev–Trinajstić information content (AvgIpc) is 2.10. The highest BCUT2D eigenvalue weighted by molar-refractivity contribution is 4.88. The highest BCUT2D eigenvalue weighted by Gasteiger charge is 2.26. The minimum absolute atomic E-state index is 0.142.